The number of nitrogens with one attached hydrogen (secondary N) is 1. The third-order valence-corrected chi connectivity index (χ3v) is 5.14. The van der Waals surface area contributed by atoms with Gasteiger partial charge < -0.3 is 10.1 Å². The maximum atomic E-state index is 12.0. The summed E-state index contributed by atoms with van der Waals surface area (Å²) in [5.74, 6) is 0.708. The van der Waals surface area contributed by atoms with E-state index in [2.05, 4.69) is 41.6 Å². The lowest BCUT2D eigenvalue weighted by atomic mass is 10.0. The van der Waals surface area contributed by atoms with Gasteiger partial charge in [-0.1, -0.05) is 19.9 Å². The summed E-state index contributed by atoms with van der Waals surface area (Å²) in [7, 11) is 0. The van der Waals surface area contributed by atoms with Gasteiger partial charge in [0.25, 0.3) is 0 Å². The quantitative estimate of drug-likeness (QED) is 0.799. The second-order valence-corrected chi connectivity index (χ2v) is 7.23. The highest BCUT2D eigenvalue weighted by molar-refractivity contribution is 7.09. The number of nitrogens with zero attached hydrogens (tertiary/aromatic N) is 1. The van der Waals surface area contributed by atoms with E-state index in [9.17, 15) is 4.79 Å². The number of aryl methyl sites for hydroxylation is 1. The number of rotatable bonds is 8. The molecule has 1 saturated heterocycles. The van der Waals surface area contributed by atoms with Gasteiger partial charge in [0.15, 0.2) is 0 Å². The highest BCUT2D eigenvalue weighted by atomic mass is 32.1. The average Bonchev–Trinajstić information content (AvgIpc) is 3.01. The van der Waals surface area contributed by atoms with Crippen LogP contribution in [-0.4, -0.2) is 49.7 Å². The van der Waals surface area contributed by atoms with Gasteiger partial charge in [-0.3, -0.25) is 9.69 Å². The molecule has 2 rings (SSSR count). The summed E-state index contributed by atoms with van der Waals surface area (Å²) in [6.45, 7) is 8.74. The monoisotopic (exact) mass is 324 g/mol. The smallest absolute Gasteiger partial charge is 0.220 e. The summed E-state index contributed by atoms with van der Waals surface area (Å²) in [6.07, 6.45) is 2.55. The van der Waals surface area contributed by atoms with Crippen LogP contribution in [0.4, 0.5) is 0 Å². The number of carbonyl (C=O) groups is 1. The van der Waals surface area contributed by atoms with Gasteiger partial charge in [-0.05, 0) is 30.2 Å². The highest BCUT2D eigenvalue weighted by Gasteiger charge is 2.24. The van der Waals surface area contributed by atoms with Crippen LogP contribution >= 0.6 is 11.3 Å². The van der Waals surface area contributed by atoms with Gasteiger partial charge in [0.2, 0.25) is 5.91 Å². The van der Waals surface area contributed by atoms with Crippen molar-refractivity contribution in [3.8, 4) is 0 Å². The maximum Gasteiger partial charge on any atom is 0.220 e. The molecule has 0 radical (unpaired) electrons. The molecule has 5 heteroatoms. The minimum absolute atomic E-state index is 0.176. The molecule has 0 bridgehead atoms. The Bertz CT molecular complexity index is 428. The summed E-state index contributed by atoms with van der Waals surface area (Å²) < 4.78 is 5.42. The van der Waals surface area contributed by atoms with Gasteiger partial charge in [0.1, 0.15) is 0 Å². The minimum Gasteiger partial charge on any atom is -0.379 e. The van der Waals surface area contributed by atoms with Crippen LogP contribution < -0.4 is 5.32 Å². The lowest BCUT2D eigenvalue weighted by molar-refractivity contribution is -0.121. The van der Waals surface area contributed by atoms with Crippen LogP contribution in [0.3, 0.4) is 0 Å². The number of hydrogen-bond acceptors (Lipinski definition) is 4. The van der Waals surface area contributed by atoms with Crippen molar-refractivity contribution in [2.45, 2.75) is 39.2 Å². The van der Waals surface area contributed by atoms with Crippen molar-refractivity contribution in [1.82, 2.24) is 10.2 Å². The Morgan fingerprint density at radius 2 is 2.18 bits per heavy atom. The van der Waals surface area contributed by atoms with Crippen molar-refractivity contribution >= 4 is 17.2 Å². The molecular formula is C17H28N2O2S. The maximum absolute atomic E-state index is 12.0. The van der Waals surface area contributed by atoms with Gasteiger partial charge in [-0.15, -0.1) is 11.3 Å². The lowest BCUT2D eigenvalue weighted by Crippen LogP contribution is -2.51. The van der Waals surface area contributed by atoms with Gasteiger partial charge in [-0.2, -0.15) is 0 Å². The predicted molar refractivity (Wildman–Crippen MR) is 91.3 cm³/mol. The summed E-state index contributed by atoms with van der Waals surface area (Å²) >= 11 is 1.77. The topological polar surface area (TPSA) is 41.6 Å². The summed E-state index contributed by atoms with van der Waals surface area (Å²) in [6, 6.07) is 4.61. The van der Waals surface area contributed by atoms with Crippen LogP contribution in [0.5, 0.6) is 0 Å². The van der Waals surface area contributed by atoms with E-state index in [4.69, 9.17) is 4.74 Å². The van der Waals surface area contributed by atoms with Crippen LogP contribution in [0.15, 0.2) is 17.5 Å². The van der Waals surface area contributed by atoms with Crippen LogP contribution in [0, 0.1) is 5.92 Å². The fraction of sp³-hybridized carbons (Fsp3) is 0.706. The van der Waals surface area contributed by atoms with Crippen molar-refractivity contribution in [3.05, 3.63) is 22.4 Å². The van der Waals surface area contributed by atoms with E-state index in [1.807, 2.05) is 0 Å². The van der Waals surface area contributed by atoms with E-state index in [0.717, 1.165) is 45.7 Å². The number of morpholine rings is 1. The SMILES string of the molecule is CC(C)C(CNC(=O)CCCc1cccs1)N1CCOCC1. The van der Waals surface area contributed by atoms with E-state index in [1.54, 1.807) is 11.3 Å². The lowest BCUT2D eigenvalue weighted by Gasteiger charge is -2.36. The predicted octanol–water partition coefficient (Wildman–Crippen LogP) is 2.54. The van der Waals surface area contributed by atoms with Crippen LogP contribution in [0.1, 0.15) is 31.6 Å². The molecule has 1 amide bonds. The van der Waals surface area contributed by atoms with Crippen molar-refractivity contribution < 1.29 is 9.53 Å². The van der Waals surface area contributed by atoms with Crippen molar-refractivity contribution in [2.24, 2.45) is 5.92 Å². The third-order valence-electron chi connectivity index (χ3n) is 4.20. The van der Waals surface area contributed by atoms with E-state index >= 15 is 0 Å². The Labute approximate surface area is 137 Å². The standard InChI is InChI=1S/C17H28N2O2S/c1-14(2)16(19-8-10-21-11-9-19)13-18-17(20)7-3-5-15-6-4-12-22-15/h4,6,12,14,16H,3,5,7-11,13H2,1-2H3,(H,18,20). The fourth-order valence-corrected chi connectivity index (χ4v) is 3.63. The molecule has 1 aromatic heterocycles. The van der Waals surface area contributed by atoms with Crippen molar-refractivity contribution in [1.29, 1.82) is 0 Å². The summed E-state index contributed by atoms with van der Waals surface area (Å²) in [4.78, 5) is 15.8. The summed E-state index contributed by atoms with van der Waals surface area (Å²) in [5, 5.41) is 5.21. The number of ether oxygens (including phenoxy) is 1. The molecule has 1 unspecified atom stereocenters. The first-order chi connectivity index (χ1) is 10.7. The van der Waals surface area contributed by atoms with Crippen LogP contribution in [0.2, 0.25) is 0 Å². The molecule has 1 aliphatic heterocycles. The molecule has 1 atom stereocenters. The molecule has 2 heterocycles. The molecule has 1 fully saturated rings. The second kappa shape index (κ2) is 9.28. The molecule has 0 aliphatic carbocycles. The Hall–Kier alpha value is -0.910. The van der Waals surface area contributed by atoms with Gasteiger partial charge in [-0.25, -0.2) is 0 Å². The zero-order valence-corrected chi connectivity index (χ0v) is 14.5. The molecule has 1 N–H and O–H groups in total. The Morgan fingerprint density at radius 1 is 1.41 bits per heavy atom. The molecule has 0 aromatic carbocycles. The van der Waals surface area contributed by atoms with Gasteiger partial charge >= 0.3 is 0 Å². The molecule has 1 aromatic rings. The number of thiophene rings is 1. The molecule has 0 saturated carbocycles. The first-order valence-corrected chi connectivity index (χ1v) is 9.15. The van der Waals surface area contributed by atoms with Crippen LogP contribution in [-0.2, 0) is 16.0 Å². The fourth-order valence-electron chi connectivity index (χ4n) is 2.88. The first kappa shape index (κ1) is 17.4. The minimum atomic E-state index is 0.176. The van der Waals surface area contributed by atoms with E-state index in [-0.39, 0.29) is 5.91 Å². The number of carbonyl (C=O) groups excluding carboxylic acids is 1. The zero-order chi connectivity index (χ0) is 15.8. The van der Waals surface area contributed by atoms with Crippen molar-refractivity contribution in [3.63, 3.8) is 0 Å². The molecular weight excluding hydrogens is 296 g/mol. The van der Waals surface area contributed by atoms with Gasteiger partial charge in [0.05, 0.1) is 13.2 Å². The second-order valence-electron chi connectivity index (χ2n) is 6.20. The number of hydrogen-bond donors (Lipinski definition) is 1. The largest absolute Gasteiger partial charge is 0.379 e. The highest BCUT2D eigenvalue weighted by Crippen LogP contribution is 2.13. The van der Waals surface area contributed by atoms with Crippen molar-refractivity contribution in [2.75, 3.05) is 32.8 Å². The zero-order valence-electron chi connectivity index (χ0n) is 13.7. The average molecular weight is 324 g/mol. The Morgan fingerprint density at radius 3 is 2.82 bits per heavy atom. The normalized spacial score (nSPS) is 17.6. The van der Waals surface area contributed by atoms with E-state index in [1.165, 1.54) is 4.88 Å². The molecule has 0 spiro atoms. The number of amides is 1. The van der Waals surface area contributed by atoms with Crippen LogP contribution in [0.25, 0.3) is 0 Å². The molecule has 4 nitrogen and oxygen atoms in total. The Kier molecular flexibility index (Phi) is 7.36. The molecule has 124 valence electrons. The third kappa shape index (κ3) is 5.71. The van der Waals surface area contributed by atoms with E-state index in [0.29, 0.717) is 18.4 Å². The van der Waals surface area contributed by atoms with E-state index < -0.39 is 0 Å². The van der Waals surface area contributed by atoms with Gasteiger partial charge in [0, 0.05) is 37.0 Å². The Balaban J connectivity index is 1.68. The first-order valence-electron chi connectivity index (χ1n) is 8.27. The molecule has 1 aliphatic rings. The summed E-state index contributed by atoms with van der Waals surface area (Å²) in [5.41, 5.74) is 0. The molecule has 22 heavy (non-hydrogen) atoms.